The van der Waals surface area contributed by atoms with Gasteiger partial charge >= 0.3 is 5.97 Å². The van der Waals surface area contributed by atoms with Crippen LogP contribution in [0, 0.1) is 11.7 Å². The van der Waals surface area contributed by atoms with Crippen LogP contribution < -0.4 is 14.2 Å². The summed E-state index contributed by atoms with van der Waals surface area (Å²) in [5.41, 5.74) is 1.47. The molecule has 4 rings (SSSR count). The number of hydrogen-bond donors (Lipinski definition) is 1. The predicted octanol–water partition coefficient (Wildman–Crippen LogP) is 4.87. The lowest BCUT2D eigenvalue weighted by Crippen LogP contribution is -2.04. The SMILES string of the molecule is COc1ccc(F)c(-c2onc(COc3cccc(CCC(=O)O)c3)c2OCC2CC2)c1. The maximum absolute atomic E-state index is 14.5. The van der Waals surface area contributed by atoms with Gasteiger partial charge in [-0.25, -0.2) is 4.39 Å². The van der Waals surface area contributed by atoms with Crippen LogP contribution >= 0.6 is 0 Å². The number of aliphatic carboxylic acids is 1. The standard InChI is InChI=1S/C24H24FNO6/c1-29-17-8-9-20(25)19(12-17)23-24(31-13-16-5-6-16)21(26-32-23)14-30-18-4-2-3-15(11-18)7-10-22(27)28/h2-4,8-9,11-12,16H,5-7,10,13-14H2,1H3,(H,27,28). The summed E-state index contributed by atoms with van der Waals surface area (Å²) in [5, 5.41) is 12.9. The summed E-state index contributed by atoms with van der Waals surface area (Å²) in [5.74, 6) is 0.750. The molecule has 0 amide bonds. The van der Waals surface area contributed by atoms with E-state index in [2.05, 4.69) is 5.16 Å². The molecule has 1 heterocycles. The predicted molar refractivity (Wildman–Crippen MR) is 113 cm³/mol. The Labute approximate surface area is 184 Å². The number of carbonyl (C=O) groups is 1. The molecular formula is C24H24FNO6. The molecule has 0 saturated heterocycles. The normalized spacial score (nSPS) is 13.1. The van der Waals surface area contributed by atoms with Gasteiger partial charge in [0, 0.05) is 6.42 Å². The molecule has 1 aromatic heterocycles. The molecule has 7 nitrogen and oxygen atoms in total. The molecule has 0 aliphatic heterocycles. The molecule has 0 radical (unpaired) electrons. The van der Waals surface area contributed by atoms with Gasteiger partial charge in [-0.3, -0.25) is 4.79 Å². The summed E-state index contributed by atoms with van der Waals surface area (Å²) in [6.45, 7) is 0.551. The number of carboxylic acids is 1. The topological polar surface area (TPSA) is 91.0 Å². The van der Waals surface area contributed by atoms with E-state index in [1.165, 1.54) is 25.3 Å². The van der Waals surface area contributed by atoms with Crippen molar-refractivity contribution in [3.8, 4) is 28.6 Å². The van der Waals surface area contributed by atoms with E-state index >= 15 is 0 Å². The summed E-state index contributed by atoms with van der Waals surface area (Å²) >= 11 is 0. The Morgan fingerprint density at radius 3 is 2.78 bits per heavy atom. The summed E-state index contributed by atoms with van der Waals surface area (Å²) < 4.78 is 37.1. The van der Waals surface area contributed by atoms with Gasteiger partial charge in [-0.2, -0.15) is 0 Å². The Kier molecular flexibility index (Phi) is 6.58. The van der Waals surface area contributed by atoms with Crippen molar-refractivity contribution >= 4 is 5.97 Å². The minimum atomic E-state index is -0.853. The number of rotatable bonds is 11. The van der Waals surface area contributed by atoms with Crippen molar-refractivity contribution in [3.63, 3.8) is 0 Å². The summed E-state index contributed by atoms with van der Waals surface area (Å²) in [7, 11) is 1.51. The lowest BCUT2D eigenvalue weighted by molar-refractivity contribution is -0.136. The van der Waals surface area contributed by atoms with E-state index in [0.29, 0.717) is 41.9 Å². The van der Waals surface area contributed by atoms with Gasteiger partial charge < -0.3 is 23.8 Å². The first-order chi connectivity index (χ1) is 15.5. The first kappa shape index (κ1) is 21.7. The Bertz CT molecular complexity index is 1090. The number of nitrogens with zero attached hydrogens (tertiary/aromatic N) is 1. The van der Waals surface area contributed by atoms with Gasteiger partial charge in [0.2, 0.25) is 5.76 Å². The minimum Gasteiger partial charge on any atom is -0.497 e. The second-order valence-corrected chi connectivity index (χ2v) is 7.72. The fourth-order valence-electron chi connectivity index (χ4n) is 3.21. The number of methoxy groups -OCH3 is 1. The average Bonchev–Trinajstić information content (AvgIpc) is 3.54. The van der Waals surface area contributed by atoms with Crippen molar-refractivity contribution < 1.29 is 33.0 Å². The second kappa shape index (κ2) is 9.72. The van der Waals surface area contributed by atoms with E-state index in [1.807, 2.05) is 6.07 Å². The number of carboxylic acid groups (broad SMARTS) is 1. The van der Waals surface area contributed by atoms with E-state index in [1.54, 1.807) is 18.2 Å². The number of aromatic nitrogens is 1. The third-order valence-electron chi connectivity index (χ3n) is 5.20. The summed E-state index contributed by atoms with van der Waals surface area (Å²) in [6, 6.07) is 11.6. The molecule has 3 aromatic rings. The highest BCUT2D eigenvalue weighted by molar-refractivity contribution is 5.68. The van der Waals surface area contributed by atoms with Gasteiger partial charge in [0.05, 0.1) is 19.3 Å². The van der Waals surface area contributed by atoms with Gasteiger partial charge in [0.1, 0.15) is 23.9 Å². The number of aryl methyl sites for hydroxylation is 1. The molecule has 0 unspecified atom stereocenters. The Balaban J connectivity index is 1.55. The lowest BCUT2D eigenvalue weighted by atomic mass is 10.1. The van der Waals surface area contributed by atoms with Crippen molar-refractivity contribution in [2.45, 2.75) is 32.3 Å². The molecular weight excluding hydrogens is 417 g/mol. The Morgan fingerprint density at radius 1 is 1.19 bits per heavy atom. The summed E-state index contributed by atoms with van der Waals surface area (Å²) in [6.07, 6.45) is 2.65. The maximum Gasteiger partial charge on any atom is 0.303 e. The molecule has 1 N–H and O–H groups in total. The molecule has 1 fully saturated rings. The fourth-order valence-corrected chi connectivity index (χ4v) is 3.21. The maximum atomic E-state index is 14.5. The highest BCUT2D eigenvalue weighted by atomic mass is 19.1. The van der Waals surface area contributed by atoms with Crippen LogP contribution in [0.5, 0.6) is 17.2 Å². The van der Waals surface area contributed by atoms with E-state index < -0.39 is 11.8 Å². The molecule has 0 atom stereocenters. The van der Waals surface area contributed by atoms with Crippen LogP contribution in [0.1, 0.15) is 30.5 Å². The van der Waals surface area contributed by atoms with E-state index in [9.17, 15) is 9.18 Å². The van der Waals surface area contributed by atoms with Crippen molar-refractivity contribution in [1.29, 1.82) is 0 Å². The van der Waals surface area contributed by atoms with Crippen molar-refractivity contribution in [2.24, 2.45) is 5.92 Å². The minimum absolute atomic E-state index is 0.0430. The van der Waals surface area contributed by atoms with Crippen LogP contribution in [0.4, 0.5) is 4.39 Å². The third kappa shape index (κ3) is 5.38. The molecule has 168 valence electrons. The Morgan fingerprint density at radius 2 is 2.03 bits per heavy atom. The van der Waals surface area contributed by atoms with Crippen molar-refractivity contribution in [3.05, 3.63) is 59.5 Å². The van der Waals surface area contributed by atoms with E-state index in [0.717, 1.165) is 18.4 Å². The van der Waals surface area contributed by atoms with E-state index in [-0.39, 0.29) is 24.4 Å². The number of halogens is 1. The molecule has 8 heteroatoms. The number of ether oxygens (including phenoxy) is 3. The molecule has 1 aliphatic carbocycles. The van der Waals surface area contributed by atoms with Gasteiger partial charge in [0.25, 0.3) is 0 Å². The summed E-state index contributed by atoms with van der Waals surface area (Å²) in [4.78, 5) is 10.8. The van der Waals surface area contributed by atoms with Crippen molar-refractivity contribution in [2.75, 3.05) is 13.7 Å². The van der Waals surface area contributed by atoms with Gasteiger partial charge in [-0.1, -0.05) is 17.3 Å². The first-order valence-corrected chi connectivity index (χ1v) is 10.4. The molecule has 1 saturated carbocycles. The number of hydrogen-bond acceptors (Lipinski definition) is 6. The van der Waals surface area contributed by atoms with Gasteiger partial charge in [0.15, 0.2) is 11.4 Å². The van der Waals surface area contributed by atoms with Gasteiger partial charge in [-0.05, 0) is 61.1 Å². The molecule has 2 aromatic carbocycles. The lowest BCUT2D eigenvalue weighted by Gasteiger charge is -2.10. The van der Waals surface area contributed by atoms with E-state index in [4.69, 9.17) is 23.8 Å². The molecule has 0 spiro atoms. The smallest absolute Gasteiger partial charge is 0.303 e. The van der Waals surface area contributed by atoms with Crippen molar-refractivity contribution in [1.82, 2.24) is 5.16 Å². The van der Waals surface area contributed by atoms with Crippen LogP contribution in [0.2, 0.25) is 0 Å². The second-order valence-electron chi connectivity index (χ2n) is 7.72. The highest BCUT2D eigenvalue weighted by Crippen LogP contribution is 2.39. The number of benzene rings is 2. The molecule has 0 bridgehead atoms. The van der Waals surface area contributed by atoms with Crippen LogP contribution in [0.15, 0.2) is 47.0 Å². The zero-order chi connectivity index (χ0) is 22.5. The highest BCUT2D eigenvalue weighted by Gasteiger charge is 2.27. The fraction of sp³-hybridized carbons (Fsp3) is 0.333. The first-order valence-electron chi connectivity index (χ1n) is 10.4. The van der Waals surface area contributed by atoms with Crippen LogP contribution in [-0.2, 0) is 17.8 Å². The third-order valence-corrected chi connectivity index (χ3v) is 5.20. The van der Waals surface area contributed by atoms with Crippen LogP contribution in [-0.4, -0.2) is 29.9 Å². The van der Waals surface area contributed by atoms with Gasteiger partial charge in [-0.15, -0.1) is 0 Å². The zero-order valence-corrected chi connectivity index (χ0v) is 17.7. The van der Waals surface area contributed by atoms with Crippen LogP contribution in [0.3, 0.4) is 0 Å². The Hall–Kier alpha value is -3.55. The largest absolute Gasteiger partial charge is 0.497 e. The zero-order valence-electron chi connectivity index (χ0n) is 17.7. The average molecular weight is 441 g/mol. The monoisotopic (exact) mass is 441 g/mol. The molecule has 1 aliphatic rings. The molecule has 32 heavy (non-hydrogen) atoms. The van der Waals surface area contributed by atoms with Crippen LogP contribution in [0.25, 0.3) is 11.3 Å². The quantitative estimate of drug-likeness (QED) is 0.454.